The Morgan fingerprint density at radius 3 is 2.70 bits per heavy atom. The molecule has 1 N–H and O–H groups in total. The third kappa shape index (κ3) is 4.49. The van der Waals surface area contributed by atoms with E-state index in [0.717, 1.165) is 27.9 Å². The van der Waals surface area contributed by atoms with Gasteiger partial charge in [-0.3, -0.25) is 4.79 Å². The van der Waals surface area contributed by atoms with E-state index in [0.29, 0.717) is 6.04 Å². The Hall–Kier alpha value is -1.05. The molecule has 1 unspecified atom stereocenters. The van der Waals surface area contributed by atoms with E-state index in [1.54, 1.807) is 0 Å². The van der Waals surface area contributed by atoms with E-state index < -0.39 is 0 Å². The van der Waals surface area contributed by atoms with Gasteiger partial charge in [-0.2, -0.15) is 4.37 Å². The Labute approximate surface area is 149 Å². The number of hydrogen-bond donors (Lipinski definition) is 1. The van der Waals surface area contributed by atoms with Crippen molar-refractivity contribution in [1.82, 2.24) is 14.7 Å². The number of amides is 1. The van der Waals surface area contributed by atoms with E-state index in [1.165, 1.54) is 47.9 Å². The number of nitrogens with zero attached hydrogens (tertiary/aromatic N) is 2. The third-order valence-corrected chi connectivity index (χ3v) is 6.53. The van der Waals surface area contributed by atoms with E-state index in [2.05, 4.69) is 14.7 Å². The van der Waals surface area contributed by atoms with Gasteiger partial charge in [-0.1, -0.05) is 66.7 Å². The van der Waals surface area contributed by atoms with Crippen LogP contribution in [0.5, 0.6) is 0 Å². The van der Waals surface area contributed by atoms with Crippen LogP contribution >= 0.6 is 35.1 Å². The van der Waals surface area contributed by atoms with Crippen LogP contribution in [0.15, 0.2) is 39.8 Å². The summed E-state index contributed by atoms with van der Waals surface area (Å²) in [4.78, 5) is 17.3. The highest BCUT2D eigenvalue weighted by Crippen LogP contribution is 2.37. The Bertz CT molecular complexity index is 641. The summed E-state index contributed by atoms with van der Waals surface area (Å²) >= 11 is 4.37. The Kier molecular flexibility index (Phi) is 5.96. The largest absolute Gasteiger partial charge is 0.352 e. The average Bonchev–Trinajstić information content (AvgIpc) is 3.24. The summed E-state index contributed by atoms with van der Waals surface area (Å²) in [6.45, 7) is 0. The van der Waals surface area contributed by atoms with E-state index in [4.69, 9.17) is 0 Å². The molecule has 2 aromatic rings. The minimum atomic E-state index is -0.278. The van der Waals surface area contributed by atoms with Crippen LogP contribution in [-0.2, 0) is 4.79 Å². The van der Waals surface area contributed by atoms with Crippen molar-refractivity contribution in [3.05, 3.63) is 35.9 Å². The minimum absolute atomic E-state index is 0.0778. The smallest absolute Gasteiger partial charge is 0.238 e. The van der Waals surface area contributed by atoms with Crippen LogP contribution in [0.2, 0.25) is 0 Å². The van der Waals surface area contributed by atoms with Gasteiger partial charge in [-0.25, -0.2) is 4.98 Å². The van der Waals surface area contributed by atoms with Gasteiger partial charge in [-0.05, 0) is 36.2 Å². The van der Waals surface area contributed by atoms with Crippen molar-refractivity contribution in [2.75, 3.05) is 6.26 Å². The number of thioether (sulfide) groups is 2. The highest BCUT2D eigenvalue weighted by atomic mass is 32.2. The van der Waals surface area contributed by atoms with Crippen LogP contribution in [0, 0.1) is 0 Å². The van der Waals surface area contributed by atoms with Crippen molar-refractivity contribution < 1.29 is 4.79 Å². The molecule has 1 aromatic heterocycles. The molecule has 4 nitrogen and oxygen atoms in total. The first-order valence-electron chi connectivity index (χ1n) is 7.66. The first kappa shape index (κ1) is 16.8. The van der Waals surface area contributed by atoms with Crippen molar-refractivity contribution in [2.45, 2.75) is 46.5 Å². The number of aromatic nitrogens is 2. The molecular formula is C16H19N3OS3. The second-order valence-corrected chi connectivity index (χ2v) is 8.32. The number of benzene rings is 1. The minimum Gasteiger partial charge on any atom is -0.352 e. The first-order chi connectivity index (χ1) is 11.3. The summed E-state index contributed by atoms with van der Waals surface area (Å²) in [5.41, 5.74) is 1.01. The maximum Gasteiger partial charge on any atom is 0.238 e. The van der Waals surface area contributed by atoms with Gasteiger partial charge in [0, 0.05) is 6.04 Å². The number of hydrogen-bond acceptors (Lipinski definition) is 6. The summed E-state index contributed by atoms with van der Waals surface area (Å²) < 4.78 is 5.12. The summed E-state index contributed by atoms with van der Waals surface area (Å²) in [7, 11) is 0. The maximum absolute atomic E-state index is 12.8. The fraction of sp³-hybridized carbons (Fsp3) is 0.438. The Morgan fingerprint density at radius 2 is 2.04 bits per heavy atom. The summed E-state index contributed by atoms with van der Waals surface area (Å²) in [6, 6.07) is 10.2. The number of carbonyl (C=O) groups excluding carboxylic acids is 1. The lowest BCUT2D eigenvalue weighted by molar-refractivity contribution is -0.121. The van der Waals surface area contributed by atoms with Crippen LogP contribution < -0.4 is 5.32 Å². The van der Waals surface area contributed by atoms with Gasteiger partial charge < -0.3 is 5.32 Å². The lowest BCUT2D eigenvalue weighted by Crippen LogP contribution is -2.35. The van der Waals surface area contributed by atoms with E-state index in [1.807, 2.05) is 36.6 Å². The highest BCUT2D eigenvalue weighted by molar-refractivity contribution is 8.02. The molecule has 0 aliphatic heterocycles. The van der Waals surface area contributed by atoms with Gasteiger partial charge in [0.1, 0.15) is 5.25 Å². The molecule has 1 aliphatic rings. The fourth-order valence-electron chi connectivity index (χ4n) is 2.68. The van der Waals surface area contributed by atoms with Gasteiger partial charge in [-0.15, -0.1) is 0 Å². The maximum atomic E-state index is 12.8. The van der Waals surface area contributed by atoms with Gasteiger partial charge >= 0.3 is 0 Å². The molecule has 1 aromatic carbocycles. The molecule has 1 heterocycles. The van der Waals surface area contributed by atoms with Crippen LogP contribution in [0.3, 0.4) is 0 Å². The van der Waals surface area contributed by atoms with Gasteiger partial charge in [0.2, 0.25) is 11.1 Å². The van der Waals surface area contributed by atoms with Gasteiger partial charge in [0.15, 0.2) is 4.34 Å². The molecule has 3 rings (SSSR count). The zero-order valence-electron chi connectivity index (χ0n) is 12.9. The highest BCUT2D eigenvalue weighted by Gasteiger charge is 2.27. The van der Waals surface area contributed by atoms with Crippen LogP contribution in [-0.4, -0.2) is 27.6 Å². The van der Waals surface area contributed by atoms with Crippen molar-refractivity contribution >= 4 is 41.0 Å². The molecule has 0 saturated heterocycles. The second-order valence-electron chi connectivity index (χ2n) is 5.45. The topological polar surface area (TPSA) is 54.9 Å². The zero-order valence-corrected chi connectivity index (χ0v) is 15.3. The molecule has 23 heavy (non-hydrogen) atoms. The first-order valence-corrected chi connectivity index (χ1v) is 10.5. The number of rotatable bonds is 6. The van der Waals surface area contributed by atoms with Crippen LogP contribution in [0.25, 0.3) is 0 Å². The van der Waals surface area contributed by atoms with Crippen LogP contribution in [0.1, 0.15) is 36.5 Å². The molecule has 122 valence electrons. The van der Waals surface area contributed by atoms with Crippen LogP contribution in [0.4, 0.5) is 0 Å². The van der Waals surface area contributed by atoms with Crippen molar-refractivity contribution in [1.29, 1.82) is 0 Å². The molecule has 1 aliphatic carbocycles. The quantitative estimate of drug-likeness (QED) is 0.779. The zero-order chi connectivity index (χ0) is 16.1. The second kappa shape index (κ2) is 8.17. The standard InChI is InChI=1S/C16H19N3OS3/c1-21-15-18-16(23-19-15)22-13(11-7-3-2-4-8-11)14(20)17-12-9-5-6-10-12/h2-4,7-8,12-13H,5-6,9-10H2,1H3,(H,17,20). The Balaban J connectivity index is 1.76. The molecule has 1 saturated carbocycles. The number of nitrogens with one attached hydrogen (secondary N) is 1. The summed E-state index contributed by atoms with van der Waals surface area (Å²) in [5, 5.41) is 3.70. The monoisotopic (exact) mass is 365 g/mol. The van der Waals surface area contributed by atoms with Crippen molar-refractivity contribution in [3.63, 3.8) is 0 Å². The van der Waals surface area contributed by atoms with Crippen molar-refractivity contribution in [3.8, 4) is 0 Å². The Morgan fingerprint density at radius 1 is 1.30 bits per heavy atom. The van der Waals surface area contributed by atoms with E-state index in [-0.39, 0.29) is 11.2 Å². The molecular weight excluding hydrogens is 346 g/mol. The predicted molar refractivity (Wildman–Crippen MR) is 97.1 cm³/mol. The van der Waals surface area contributed by atoms with E-state index >= 15 is 0 Å². The molecule has 0 bridgehead atoms. The molecule has 0 radical (unpaired) electrons. The molecule has 7 heteroatoms. The SMILES string of the molecule is CSc1nsc(SC(C(=O)NC2CCCC2)c2ccccc2)n1. The molecule has 1 atom stereocenters. The van der Waals surface area contributed by atoms with Crippen molar-refractivity contribution in [2.24, 2.45) is 0 Å². The third-order valence-electron chi connectivity index (χ3n) is 3.83. The lowest BCUT2D eigenvalue weighted by Gasteiger charge is -2.19. The lowest BCUT2D eigenvalue weighted by atomic mass is 10.1. The fourth-order valence-corrected chi connectivity index (χ4v) is 5.09. The molecule has 0 spiro atoms. The normalized spacial score (nSPS) is 16.4. The van der Waals surface area contributed by atoms with Gasteiger partial charge in [0.25, 0.3) is 0 Å². The summed E-state index contributed by atoms with van der Waals surface area (Å²) in [6.07, 6.45) is 6.56. The summed E-state index contributed by atoms with van der Waals surface area (Å²) in [5.74, 6) is 0.0778. The average molecular weight is 366 g/mol. The molecule has 1 fully saturated rings. The number of carbonyl (C=O) groups is 1. The van der Waals surface area contributed by atoms with E-state index in [9.17, 15) is 4.79 Å². The molecule has 1 amide bonds. The predicted octanol–water partition coefficient (Wildman–Crippen LogP) is 4.15. The van der Waals surface area contributed by atoms with Gasteiger partial charge in [0.05, 0.1) is 0 Å².